The molecule has 0 bridgehead atoms. The smallest absolute Gasteiger partial charge is 0.311 e. The SMILES string of the molecule is [2H]C(C)(C)[C@H](C(=O)O)c1ccc(F)cc1. The molecule has 2 nitrogen and oxygen atoms in total. The van der Waals surface area contributed by atoms with Crippen molar-refractivity contribution in [3.8, 4) is 0 Å². The molecule has 0 spiro atoms. The molecular formula is C11H13FO2. The maximum absolute atomic E-state index is 12.7. The summed E-state index contributed by atoms with van der Waals surface area (Å²) >= 11 is 0. The minimum atomic E-state index is -1.14. The van der Waals surface area contributed by atoms with Crippen molar-refractivity contribution in [3.05, 3.63) is 35.6 Å². The van der Waals surface area contributed by atoms with Gasteiger partial charge in [-0.15, -0.1) is 0 Å². The van der Waals surface area contributed by atoms with Crippen LogP contribution in [0.3, 0.4) is 0 Å². The Kier molecular flexibility index (Phi) is 2.77. The quantitative estimate of drug-likeness (QED) is 0.808. The molecule has 0 aliphatic heterocycles. The molecule has 1 rings (SSSR count). The third kappa shape index (κ3) is 2.31. The molecule has 3 heteroatoms. The lowest BCUT2D eigenvalue weighted by Gasteiger charge is -2.16. The number of halogens is 1. The van der Waals surface area contributed by atoms with Crippen LogP contribution in [0.1, 0.15) is 26.7 Å². The second kappa shape index (κ2) is 4.22. The molecule has 0 saturated carbocycles. The number of hydrogen-bond donors (Lipinski definition) is 1. The van der Waals surface area contributed by atoms with Crippen LogP contribution < -0.4 is 0 Å². The molecule has 0 heterocycles. The number of carboxylic acid groups (broad SMARTS) is 1. The van der Waals surface area contributed by atoms with E-state index < -0.39 is 23.6 Å². The molecule has 1 atom stereocenters. The Bertz CT molecular complexity index is 354. The minimum Gasteiger partial charge on any atom is -0.481 e. The topological polar surface area (TPSA) is 37.3 Å². The van der Waals surface area contributed by atoms with Gasteiger partial charge in [-0.3, -0.25) is 4.79 Å². The van der Waals surface area contributed by atoms with Crippen molar-refractivity contribution in [1.82, 2.24) is 0 Å². The van der Waals surface area contributed by atoms with Crippen molar-refractivity contribution in [2.24, 2.45) is 5.89 Å². The van der Waals surface area contributed by atoms with E-state index >= 15 is 0 Å². The monoisotopic (exact) mass is 197 g/mol. The highest BCUT2D eigenvalue weighted by Gasteiger charge is 2.23. The first-order valence-electron chi connectivity index (χ1n) is 4.80. The van der Waals surface area contributed by atoms with E-state index in [0.717, 1.165) is 0 Å². The summed E-state index contributed by atoms with van der Waals surface area (Å²) in [6.45, 7) is 3.05. The summed E-state index contributed by atoms with van der Waals surface area (Å²) < 4.78 is 20.4. The van der Waals surface area contributed by atoms with Crippen LogP contribution in [0.15, 0.2) is 24.3 Å². The van der Waals surface area contributed by atoms with Gasteiger partial charge in [-0.05, 0) is 23.6 Å². The van der Waals surface area contributed by atoms with E-state index in [1.54, 1.807) is 0 Å². The molecule has 1 aromatic rings. The normalized spacial score (nSPS) is 14.6. The Morgan fingerprint density at radius 2 is 1.93 bits per heavy atom. The summed E-state index contributed by atoms with van der Waals surface area (Å²) in [4.78, 5) is 11.0. The second-order valence-electron chi connectivity index (χ2n) is 3.40. The fourth-order valence-corrected chi connectivity index (χ4v) is 1.38. The molecule has 0 amide bonds. The first-order valence-corrected chi connectivity index (χ1v) is 4.30. The van der Waals surface area contributed by atoms with Crippen molar-refractivity contribution < 1.29 is 15.7 Å². The molecule has 1 aromatic carbocycles. The highest BCUT2D eigenvalue weighted by molar-refractivity contribution is 5.76. The fourth-order valence-electron chi connectivity index (χ4n) is 1.38. The summed E-state index contributed by atoms with van der Waals surface area (Å²) in [7, 11) is 0. The number of hydrogen-bond acceptors (Lipinski definition) is 1. The molecule has 0 aromatic heterocycles. The molecule has 14 heavy (non-hydrogen) atoms. The Morgan fingerprint density at radius 1 is 1.43 bits per heavy atom. The van der Waals surface area contributed by atoms with Gasteiger partial charge in [-0.25, -0.2) is 4.39 Å². The van der Waals surface area contributed by atoms with Gasteiger partial charge in [0.25, 0.3) is 0 Å². The fraction of sp³-hybridized carbons (Fsp3) is 0.364. The average molecular weight is 197 g/mol. The van der Waals surface area contributed by atoms with Crippen LogP contribution in [0.25, 0.3) is 0 Å². The zero-order valence-corrected chi connectivity index (χ0v) is 8.12. The predicted molar refractivity (Wildman–Crippen MR) is 51.6 cm³/mol. The van der Waals surface area contributed by atoms with Gasteiger partial charge in [0.05, 0.1) is 5.92 Å². The molecule has 76 valence electrons. The number of carboxylic acids is 1. The van der Waals surface area contributed by atoms with Gasteiger partial charge in [0.2, 0.25) is 0 Å². The van der Waals surface area contributed by atoms with Crippen LogP contribution in [0, 0.1) is 11.7 Å². The summed E-state index contributed by atoms with van der Waals surface area (Å²) in [5.74, 6) is -3.56. The second-order valence-corrected chi connectivity index (χ2v) is 3.40. The third-order valence-corrected chi connectivity index (χ3v) is 2.03. The van der Waals surface area contributed by atoms with Crippen molar-refractivity contribution in [2.45, 2.75) is 19.8 Å². The Balaban J connectivity index is 3.11. The molecule has 0 fully saturated rings. The standard InChI is InChI=1S/C11H13FO2/c1-7(2)10(11(13)14)8-3-5-9(12)6-4-8/h3-7,10H,1-2H3,(H,13,14)/t10-/m0/s1/i7D. The van der Waals surface area contributed by atoms with Crippen LogP contribution in [-0.2, 0) is 4.79 Å². The lowest BCUT2D eigenvalue weighted by atomic mass is 9.89. The third-order valence-electron chi connectivity index (χ3n) is 2.03. The maximum atomic E-state index is 12.7. The summed E-state index contributed by atoms with van der Waals surface area (Å²) in [5.41, 5.74) is 0.448. The molecule has 1 N–H and O–H groups in total. The zero-order valence-electron chi connectivity index (χ0n) is 9.12. The van der Waals surface area contributed by atoms with Crippen LogP contribution in [-0.4, -0.2) is 11.1 Å². The first-order chi connectivity index (χ1) is 6.82. The molecule has 0 saturated heterocycles. The zero-order chi connectivity index (χ0) is 11.6. The average Bonchev–Trinajstić information content (AvgIpc) is 2.05. The molecule has 0 unspecified atom stereocenters. The van der Waals surface area contributed by atoms with Crippen molar-refractivity contribution in [1.29, 1.82) is 0 Å². The van der Waals surface area contributed by atoms with E-state index in [1.807, 2.05) is 0 Å². The van der Waals surface area contributed by atoms with Crippen molar-refractivity contribution >= 4 is 5.97 Å². The van der Waals surface area contributed by atoms with Gasteiger partial charge < -0.3 is 5.11 Å². The number of aliphatic carboxylic acids is 1. The highest BCUT2D eigenvalue weighted by atomic mass is 19.1. The Labute approximate surface area is 83.8 Å². The molecule has 0 radical (unpaired) electrons. The summed E-state index contributed by atoms with van der Waals surface area (Å²) in [6.07, 6.45) is 0. The number of benzene rings is 1. The summed E-state index contributed by atoms with van der Waals surface area (Å²) in [6, 6.07) is 5.23. The van der Waals surface area contributed by atoms with Gasteiger partial charge in [-0.2, -0.15) is 0 Å². The molecule has 0 aliphatic rings. The lowest BCUT2D eigenvalue weighted by Crippen LogP contribution is -2.17. The molecule has 0 aliphatic carbocycles. The van der Waals surface area contributed by atoms with Gasteiger partial charge in [0.1, 0.15) is 5.82 Å². The van der Waals surface area contributed by atoms with E-state index in [0.29, 0.717) is 5.56 Å². The Hall–Kier alpha value is -1.38. The number of carbonyl (C=O) groups is 1. The van der Waals surface area contributed by atoms with E-state index in [4.69, 9.17) is 6.48 Å². The Morgan fingerprint density at radius 3 is 2.29 bits per heavy atom. The predicted octanol–water partition coefficient (Wildman–Crippen LogP) is 2.65. The maximum Gasteiger partial charge on any atom is 0.311 e. The number of rotatable bonds is 3. The van der Waals surface area contributed by atoms with E-state index in [-0.39, 0.29) is 0 Å². The minimum absolute atomic E-state index is 0.411. The van der Waals surface area contributed by atoms with Gasteiger partial charge >= 0.3 is 5.97 Å². The van der Waals surface area contributed by atoms with Gasteiger partial charge in [0.15, 0.2) is 0 Å². The van der Waals surface area contributed by atoms with Crippen molar-refractivity contribution in [3.63, 3.8) is 0 Å². The van der Waals surface area contributed by atoms with Crippen LogP contribution in [0.5, 0.6) is 0 Å². The van der Waals surface area contributed by atoms with E-state index in [9.17, 15) is 9.18 Å². The van der Waals surface area contributed by atoms with Gasteiger partial charge in [0, 0.05) is 1.37 Å². The first kappa shape index (κ1) is 9.19. The van der Waals surface area contributed by atoms with Crippen LogP contribution >= 0.6 is 0 Å². The summed E-state index contributed by atoms with van der Waals surface area (Å²) in [5, 5.41) is 9.02. The van der Waals surface area contributed by atoms with Crippen molar-refractivity contribution in [2.75, 3.05) is 0 Å². The lowest BCUT2D eigenvalue weighted by molar-refractivity contribution is -0.139. The largest absolute Gasteiger partial charge is 0.481 e. The van der Waals surface area contributed by atoms with Crippen LogP contribution in [0.4, 0.5) is 4.39 Å². The van der Waals surface area contributed by atoms with E-state index in [2.05, 4.69) is 0 Å². The van der Waals surface area contributed by atoms with Gasteiger partial charge in [-0.1, -0.05) is 26.0 Å². The highest BCUT2D eigenvalue weighted by Crippen LogP contribution is 2.24. The van der Waals surface area contributed by atoms with E-state index in [1.165, 1.54) is 38.1 Å². The molecular weight excluding hydrogens is 183 g/mol. The van der Waals surface area contributed by atoms with Crippen LogP contribution in [0.2, 0.25) is 0 Å².